The number of benzene rings is 2. The molecule has 2 atom stereocenters. The number of carbonyl (C=O) groups is 4. The Bertz CT molecular complexity index is 1130. The highest BCUT2D eigenvalue weighted by atomic mass is 19.1. The third-order valence-corrected chi connectivity index (χ3v) is 5.59. The molecule has 2 aliphatic heterocycles. The highest BCUT2D eigenvalue weighted by Gasteiger charge is 2.45. The molecule has 0 bridgehead atoms. The van der Waals surface area contributed by atoms with Crippen LogP contribution in [0.3, 0.4) is 0 Å². The van der Waals surface area contributed by atoms with E-state index in [2.05, 4.69) is 10.6 Å². The molecule has 2 heterocycles. The molecule has 0 aliphatic carbocycles. The van der Waals surface area contributed by atoms with Crippen LogP contribution in [-0.2, 0) is 9.59 Å². The Labute approximate surface area is 183 Å². The molecule has 2 aromatic carbocycles. The first-order valence-corrected chi connectivity index (χ1v) is 10.3. The fourth-order valence-electron chi connectivity index (χ4n) is 4.06. The van der Waals surface area contributed by atoms with E-state index in [1.165, 1.54) is 12.1 Å². The molecule has 8 nitrogen and oxygen atoms in total. The monoisotopic (exact) mass is 439 g/mol. The number of halogens is 1. The molecule has 0 radical (unpaired) electrons. The molecule has 4 amide bonds. The Balaban J connectivity index is 1.61. The zero-order valence-electron chi connectivity index (χ0n) is 17.6. The summed E-state index contributed by atoms with van der Waals surface area (Å²) in [6, 6.07) is 7.74. The maximum absolute atomic E-state index is 14.6. The van der Waals surface area contributed by atoms with Gasteiger partial charge in [0.1, 0.15) is 17.6 Å². The van der Waals surface area contributed by atoms with Crippen molar-refractivity contribution in [3.63, 3.8) is 0 Å². The summed E-state index contributed by atoms with van der Waals surface area (Å²) in [6.07, 6.45) is 0.121. The summed E-state index contributed by atoms with van der Waals surface area (Å²) in [6.45, 7) is 3.96. The van der Waals surface area contributed by atoms with Gasteiger partial charge in [-0.15, -0.1) is 0 Å². The molecule has 4 rings (SSSR count). The maximum atomic E-state index is 14.6. The van der Waals surface area contributed by atoms with E-state index in [1.807, 2.05) is 6.92 Å². The van der Waals surface area contributed by atoms with E-state index >= 15 is 0 Å². The van der Waals surface area contributed by atoms with Crippen molar-refractivity contribution in [2.24, 2.45) is 0 Å². The quantitative estimate of drug-likeness (QED) is 0.671. The number of amides is 4. The number of hydrogen-bond acceptors (Lipinski definition) is 6. The van der Waals surface area contributed by atoms with Gasteiger partial charge in [0.05, 0.1) is 23.8 Å². The Morgan fingerprint density at radius 3 is 2.66 bits per heavy atom. The third-order valence-electron chi connectivity index (χ3n) is 5.59. The van der Waals surface area contributed by atoms with Crippen LogP contribution in [0.15, 0.2) is 36.4 Å². The van der Waals surface area contributed by atoms with Crippen LogP contribution in [0.1, 0.15) is 59.0 Å². The molecule has 2 aromatic rings. The first kappa shape index (κ1) is 21.5. The summed E-state index contributed by atoms with van der Waals surface area (Å²) >= 11 is 0. The van der Waals surface area contributed by atoms with E-state index < -0.39 is 41.5 Å². The molecule has 2 aliphatic rings. The minimum Gasteiger partial charge on any atom is -0.494 e. The van der Waals surface area contributed by atoms with Crippen LogP contribution in [0.5, 0.6) is 5.75 Å². The highest BCUT2D eigenvalue weighted by molar-refractivity contribution is 6.25. The lowest BCUT2D eigenvalue weighted by molar-refractivity contribution is -0.136. The summed E-state index contributed by atoms with van der Waals surface area (Å²) in [5, 5.41) is 5.28. The zero-order valence-corrected chi connectivity index (χ0v) is 17.6. The number of carbonyl (C=O) groups excluding carboxylic acids is 4. The SMILES string of the molecule is CCOc1ccc([C@@H](C)Nc2cccc3c2C(=O)N(C2CCC(=O)NC2=O)C3=O)c(F)c1. The Morgan fingerprint density at radius 2 is 1.97 bits per heavy atom. The largest absolute Gasteiger partial charge is 0.494 e. The van der Waals surface area contributed by atoms with Crippen LogP contribution >= 0.6 is 0 Å². The fraction of sp³-hybridized carbons (Fsp3) is 0.304. The predicted molar refractivity (Wildman–Crippen MR) is 113 cm³/mol. The van der Waals surface area contributed by atoms with Crippen LogP contribution in [0, 0.1) is 5.82 Å². The van der Waals surface area contributed by atoms with E-state index in [1.54, 1.807) is 31.2 Å². The molecular formula is C23H22FN3O5. The van der Waals surface area contributed by atoms with Crippen molar-refractivity contribution in [3.8, 4) is 5.75 Å². The van der Waals surface area contributed by atoms with E-state index in [9.17, 15) is 23.6 Å². The smallest absolute Gasteiger partial charge is 0.264 e. The molecule has 1 unspecified atom stereocenters. The lowest BCUT2D eigenvalue weighted by Gasteiger charge is -2.28. The topological polar surface area (TPSA) is 105 Å². The number of anilines is 1. The molecule has 1 saturated heterocycles. The summed E-state index contributed by atoms with van der Waals surface area (Å²) in [5.41, 5.74) is 1.01. The maximum Gasteiger partial charge on any atom is 0.264 e. The normalized spacial score (nSPS) is 19.0. The second kappa shape index (κ2) is 8.41. The fourth-order valence-corrected chi connectivity index (χ4v) is 4.06. The van der Waals surface area contributed by atoms with Crippen LogP contribution in [0.25, 0.3) is 0 Å². The van der Waals surface area contributed by atoms with Crippen LogP contribution in [0.2, 0.25) is 0 Å². The van der Waals surface area contributed by atoms with Gasteiger partial charge in [-0.25, -0.2) is 4.39 Å². The van der Waals surface area contributed by atoms with E-state index in [4.69, 9.17) is 4.74 Å². The number of nitrogens with zero attached hydrogens (tertiary/aromatic N) is 1. The summed E-state index contributed by atoms with van der Waals surface area (Å²) in [5.74, 6) is -2.37. The predicted octanol–water partition coefficient (Wildman–Crippen LogP) is 2.80. The number of fused-ring (bicyclic) bond motifs is 1. The second-order valence-corrected chi connectivity index (χ2v) is 7.66. The van der Waals surface area contributed by atoms with Crippen molar-refractivity contribution in [2.75, 3.05) is 11.9 Å². The van der Waals surface area contributed by atoms with Gasteiger partial charge in [-0.1, -0.05) is 12.1 Å². The second-order valence-electron chi connectivity index (χ2n) is 7.66. The van der Waals surface area contributed by atoms with Crippen molar-refractivity contribution in [1.82, 2.24) is 10.2 Å². The highest BCUT2D eigenvalue weighted by Crippen LogP contribution is 2.34. The Hall–Kier alpha value is -3.75. The number of nitrogens with one attached hydrogen (secondary N) is 2. The van der Waals surface area contributed by atoms with Crippen LogP contribution in [0.4, 0.5) is 10.1 Å². The minimum absolute atomic E-state index is 0.0446. The van der Waals surface area contributed by atoms with Gasteiger partial charge in [0, 0.05) is 23.7 Å². The van der Waals surface area contributed by atoms with Gasteiger partial charge in [0.2, 0.25) is 11.8 Å². The van der Waals surface area contributed by atoms with E-state index in [-0.39, 0.29) is 24.0 Å². The number of ether oxygens (including phenoxy) is 1. The third kappa shape index (κ3) is 3.70. The van der Waals surface area contributed by atoms with Gasteiger partial charge in [-0.05, 0) is 38.5 Å². The molecule has 0 spiro atoms. The van der Waals surface area contributed by atoms with Crippen molar-refractivity contribution in [2.45, 2.75) is 38.8 Å². The van der Waals surface area contributed by atoms with Crippen molar-refractivity contribution < 1.29 is 28.3 Å². The van der Waals surface area contributed by atoms with Crippen molar-refractivity contribution in [3.05, 3.63) is 58.9 Å². The first-order valence-electron chi connectivity index (χ1n) is 10.3. The number of imide groups is 2. The lowest BCUT2D eigenvalue weighted by atomic mass is 10.0. The molecule has 0 saturated carbocycles. The molecule has 2 N–H and O–H groups in total. The van der Waals surface area contributed by atoms with E-state index in [0.717, 1.165) is 4.90 Å². The van der Waals surface area contributed by atoms with Gasteiger partial charge in [0.25, 0.3) is 11.8 Å². The number of piperidine rings is 1. The lowest BCUT2D eigenvalue weighted by Crippen LogP contribution is -2.54. The summed E-state index contributed by atoms with van der Waals surface area (Å²) in [4.78, 5) is 50.7. The van der Waals surface area contributed by atoms with Crippen LogP contribution in [-0.4, -0.2) is 41.2 Å². The number of rotatable bonds is 6. The molecule has 9 heteroatoms. The number of hydrogen-bond donors (Lipinski definition) is 2. The van der Waals surface area contributed by atoms with E-state index in [0.29, 0.717) is 23.6 Å². The minimum atomic E-state index is -1.05. The Kier molecular flexibility index (Phi) is 5.65. The molecular weight excluding hydrogens is 417 g/mol. The standard InChI is InChI=1S/C23H22FN3O5/c1-3-32-13-7-8-14(16(24)11-13)12(2)25-17-6-4-5-15-20(17)23(31)27(22(15)30)18-9-10-19(28)26-21(18)29/h4-8,11-12,18,25H,3,9-10H2,1-2H3,(H,26,28,29)/t12-,18?/m1/s1. The van der Waals surface area contributed by atoms with Gasteiger partial charge in [-0.2, -0.15) is 0 Å². The van der Waals surface area contributed by atoms with Gasteiger partial charge in [-0.3, -0.25) is 29.4 Å². The molecule has 166 valence electrons. The summed E-state index contributed by atoms with van der Waals surface area (Å²) < 4.78 is 19.9. The van der Waals surface area contributed by atoms with Crippen molar-refractivity contribution >= 4 is 29.3 Å². The summed E-state index contributed by atoms with van der Waals surface area (Å²) in [7, 11) is 0. The van der Waals surface area contributed by atoms with Gasteiger partial charge >= 0.3 is 0 Å². The molecule has 32 heavy (non-hydrogen) atoms. The first-order chi connectivity index (χ1) is 15.3. The van der Waals surface area contributed by atoms with Crippen molar-refractivity contribution in [1.29, 1.82) is 0 Å². The van der Waals surface area contributed by atoms with Crippen LogP contribution < -0.4 is 15.4 Å². The zero-order chi connectivity index (χ0) is 23.0. The molecule has 1 fully saturated rings. The average molecular weight is 439 g/mol. The van der Waals surface area contributed by atoms with Gasteiger partial charge in [0.15, 0.2) is 0 Å². The van der Waals surface area contributed by atoms with Gasteiger partial charge < -0.3 is 10.1 Å². The molecule has 0 aromatic heterocycles. The Morgan fingerprint density at radius 1 is 1.19 bits per heavy atom. The average Bonchev–Trinajstić information content (AvgIpc) is 3.00.